The minimum Gasteiger partial charge on any atom is -0.389 e. The van der Waals surface area contributed by atoms with Gasteiger partial charge in [-0.25, -0.2) is 0 Å². The van der Waals surface area contributed by atoms with Crippen molar-refractivity contribution in [1.82, 2.24) is 0 Å². The maximum atomic E-state index is 5.83. The summed E-state index contributed by atoms with van der Waals surface area (Å²) in [5.41, 5.74) is 9.18. The van der Waals surface area contributed by atoms with E-state index < -0.39 is 0 Å². The SMILES string of the molecule is Cc1cccc(C(N)=S)c1N(C)C1CCOCC1. The van der Waals surface area contributed by atoms with Crippen molar-refractivity contribution < 1.29 is 4.74 Å². The highest BCUT2D eigenvalue weighted by molar-refractivity contribution is 7.80. The molecule has 0 saturated carbocycles. The molecule has 0 amide bonds. The highest BCUT2D eigenvalue weighted by atomic mass is 32.1. The number of thiocarbonyl (C=S) groups is 1. The van der Waals surface area contributed by atoms with Gasteiger partial charge in [0, 0.05) is 37.6 Å². The molecule has 1 heterocycles. The van der Waals surface area contributed by atoms with Gasteiger partial charge in [-0.2, -0.15) is 0 Å². The third-order valence-electron chi connectivity index (χ3n) is 3.59. The van der Waals surface area contributed by atoms with Crippen LogP contribution < -0.4 is 10.6 Å². The Morgan fingerprint density at radius 2 is 2.06 bits per heavy atom. The van der Waals surface area contributed by atoms with Gasteiger partial charge in [-0.15, -0.1) is 0 Å². The standard InChI is InChI=1S/C14H20N2OS/c1-10-4-3-5-12(14(15)18)13(10)16(2)11-6-8-17-9-7-11/h3-5,11H,6-9H2,1-2H3,(H2,15,18). The Kier molecular flexibility index (Phi) is 4.19. The molecular weight excluding hydrogens is 244 g/mol. The Balaban J connectivity index is 2.33. The Morgan fingerprint density at radius 1 is 1.39 bits per heavy atom. The number of anilines is 1. The normalized spacial score (nSPS) is 16.6. The number of rotatable bonds is 3. The van der Waals surface area contributed by atoms with Crippen LogP contribution in [0.2, 0.25) is 0 Å². The molecule has 0 radical (unpaired) electrons. The first-order valence-electron chi connectivity index (χ1n) is 6.31. The van der Waals surface area contributed by atoms with Crippen LogP contribution in [0, 0.1) is 6.92 Å². The van der Waals surface area contributed by atoms with Crippen LogP contribution in [-0.4, -0.2) is 31.3 Å². The second kappa shape index (κ2) is 5.67. The zero-order valence-corrected chi connectivity index (χ0v) is 11.8. The second-order valence-corrected chi connectivity index (χ2v) is 5.23. The minimum atomic E-state index is 0.465. The molecule has 1 aliphatic heterocycles. The first-order valence-corrected chi connectivity index (χ1v) is 6.72. The molecule has 0 unspecified atom stereocenters. The minimum absolute atomic E-state index is 0.465. The smallest absolute Gasteiger partial charge is 0.106 e. The summed E-state index contributed by atoms with van der Waals surface area (Å²) in [6, 6.07) is 6.62. The molecule has 0 spiro atoms. The quantitative estimate of drug-likeness (QED) is 0.850. The number of hydrogen-bond acceptors (Lipinski definition) is 3. The molecule has 1 aliphatic rings. The number of hydrogen-bond donors (Lipinski definition) is 1. The highest BCUT2D eigenvalue weighted by Gasteiger charge is 2.22. The average Bonchev–Trinajstić information content (AvgIpc) is 2.38. The highest BCUT2D eigenvalue weighted by Crippen LogP contribution is 2.28. The molecule has 0 aliphatic carbocycles. The van der Waals surface area contributed by atoms with Gasteiger partial charge in [-0.3, -0.25) is 0 Å². The van der Waals surface area contributed by atoms with Gasteiger partial charge in [-0.1, -0.05) is 24.4 Å². The molecule has 0 bridgehead atoms. The zero-order chi connectivity index (χ0) is 13.1. The molecule has 1 aromatic rings. The van der Waals surface area contributed by atoms with E-state index in [2.05, 4.69) is 24.9 Å². The largest absolute Gasteiger partial charge is 0.389 e. The van der Waals surface area contributed by atoms with Gasteiger partial charge in [0.05, 0.1) is 0 Å². The second-order valence-electron chi connectivity index (χ2n) is 4.79. The summed E-state index contributed by atoms with van der Waals surface area (Å²) in [5, 5.41) is 0. The lowest BCUT2D eigenvalue weighted by Gasteiger charge is -2.35. The van der Waals surface area contributed by atoms with Crippen molar-refractivity contribution in [2.24, 2.45) is 5.73 Å². The lowest BCUT2D eigenvalue weighted by molar-refractivity contribution is 0.0854. The van der Waals surface area contributed by atoms with Gasteiger partial charge in [0.25, 0.3) is 0 Å². The Morgan fingerprint density at radius 3 is 2.67 bits per heavy atom. The molecule has 4 heteroatoms. The van der Waals surface area contributed by atoms with E-state index >= 15 is 0 Å². The molecule has 3 nitrogen and oxygen atoms in total. The van der Waals surface area contributed by atoms with Gasteiger partial charge in [-0.05, 0) is 31.4 Å². The Labute approximate surface area is 114 Å². The summed E-state index contributed by atoms with van der Waals surface area (Å²) in [6.07, 6.45) is 2.11. The number of aryl methyl sites for hydroxylation is 1. The maximum absolute atomic E-state index is 5.83. The summed E-state index contributed by atoms with van der Waals surface area (Å²) in [7, 11) is 2.13. The monoisotopic (exact) mass is 264 g/mol. The predicted octanol–water partition coefficient (Wildman–Crippen LogP) is 2.24. The third kappa shape index (κ3) is 2.65. The van der Waals surface area contributed by atoms with E-state index in [0.29, 0.717) is 11.0 Å². The Bertz CT molecular complexity index is 441. The van der Waals surface area contributed by atoms with Crippen LogP contribution in [0.5, 0.6) is 0 Å². The number of nitrogens with two attached hydrogens (primary N) is 1. The Hall–Kier alpha value is -1.13. The lowest BCUT2D eigenvalue weighted by Crippen LogP contribution is -2.38. The molecule has 1 saturated heterocycles. The van der Waals surface area contributed by atoms with Crippen molar-refractivity contribution in [2.75, 3.05) is 25.2 Å². The van der Waals surface area contributed by atoms with E-state index in [9.17, 15) is 0 Å². The molecule has 1 fully saturated rings. The molecule has 98 valence electrons. The van der Waals surface area contributed by atoms with Crippen LogP contribution in [0.15, 0.2) is 18.2 Å². The van der Waals surface area contributed by atoms with E-state index in [-0.39, 0.29) is 0 Å². The van der Waals surface area contributed by atoms with Crippen LogP contribution in [0.1, 0.15) is 24.0 Å². The molecule has 0 aromatic heterocycles. The van der Waals surface area contributed by atoms with E-state index in [1.807, 2.05) is 12.1 Å². The predicted molar refractivity (Wildman–Crippen MR) is 79.3 cm³/mol. The van der Waals surface area contributed by atoms with Crippen LogP contribution in [0.4, 0.5) is 5.69 Å². The number of nitrogens with zero attached hydrogens (tertiary/aromatic N) is 1. The molecular formula is C14H20N2OS. The lowest BCUT2D eigenvalue weighted by atomic mass is 10.0. The van der Waals surface area contributed by atoms with E-state index in [4.69, 9.17) is 22.7 Å². The fourth-order valence-electron chi connectivity index (χ4n) is 2.58. The molecule has 1 aromatic carbocycles. The molecule has 2 N–H and O–H groups in total. The summed E-state index contributed by atoms with van der Waals surface area (Å²) in [5.74, 6) is 0. The maximum Gasteiger partial charge on any atom is 0.106 e. The van der Waals surface area contributed by atoms with Gasteiger partial charge in [0.15, 0.2) is 0 Å². The summed E-state index contributed by atoms with van der Waals surface area (Å²) in [6.45, 7) is 3.78. The number of benzene rings is 1. The zero-order valence-electron chi connectivity index (χ0n) is 11.0. The third-order valence-corrected chi connectivity index (χ3v) is 3.81. The van der Waals surface area contributed by atoms with E-state index in [0.717, 1.165) is 37.3 Å². The van der Waals surface area contributed by atoms with Gasteiger partial charge < -0.3 is 15.4 Å². The van der Waals surface area contributed by atoms with Crippen LogP contribution in [-0.2, 0) is 4.74 Å². The number of para-hydroxylation sites is 1. The van der Waals surface area contributed by atoms with Crippen molar-refractivity contribution >= 4 is 22.9 Å². The van der Waals surface area contributed by atoms with Crippen molar-refractivity contribution in [3.8, 4) is 0 Å². The van der Waals surface area contributed by atoms with Crippen molar-refractivity contribution in [2.45, 2.75) is 25.8 Å². The van der Waals surface area contributed by atoms with Gasteiger partial charge in [0.1, 0.15) is 4.99 Å². The van der Waals surface area contributed by atoms with Crippen molar-refractivity contribution in [3.63, 3.8) is 0 Å². The van der Waals surface area contributed by atoms with E-state index in [1.54, 1.807) is 0 Å². The average molecular weight is 264 g/mol. The van der Waals surface area contributed by atoms with Crippen molar-refractivity contribution in [1.29, 1.82) is 0 Å². The summed E-state index contributed by atoms with van der Waals surface area (Å²) in [4.78, 5) is 2.78. The topological polar surface area (TPSA) is 38.5 Å². The van der Waals surface area contributed by atoms with Crippen LogP contribution in [0.25, 0.3) is 0 Å². The fourth-order valence-corrected chi connectivity index (χ4v) is 2.75. The van der Waals surface area contributed by atoms with Crippen LogP contribution in [0.3, 0.4) is 0 Å². The number of ether oxygens (including phenoxy) is 1. The first kappa shape index (κ1) is 13.3. The molecule has 0 atom stereocenters. The molecule has 2 rings (SSSR count). The van der Waals surface area contributed by atoms with Crippen LogP contribution >= 0.6 is 12.2 Å². The van der Waals surface area contributed by atoms with Crippen molar-refractivity contribution in [3.05, 3.63) is 29.3 Å². The summed E-state index contributed by atoms with van der Waals surface area (Å²) >= 11 is 5.16. The van der Waals surface area contributed by atoms with E-state index in [1.165, 1.54) is 5.56 Å². The fraction of sp³-hybridized carbons (Fsp3) is 0.500. The van der Waals surface area contributed by atoms with Gasteiger partial charge in [0.2, 0.25) is 0 Å². The molecule has 18 heavy (non-hydrogen) atoms. The summed E-state index contributed by atoms with van der Waals surface area (Å²) < 4.78 is 5.42. The first-order chi connectivity index (χ1) is 8.61. The van der Waals surface area contributed by atoms with Gasteiger partial charge >= 0.3 is 0 Å².